The highest BCUT2D eigenvalue weighted by Gasteiger charge is 2.71. The maximum absolute atomic E-state index is 14.5. The van der Waals surface area contributed by atoms with Crippen molar-refractivity contribution in [3.8, 4) is 0 Å². The number of esters is 5. The minimum atomic E-state index is -2.22. The summed E-state index contributed by atoms with van der Waals surface area (Å²) < 4.78 is 28.7. The maximum atomic E-state index is 14.5. The largest absolute Gasteiger partial charge is 0.458 e. The fraction of sp³-hybridized carbons (Fsp3) is 0.656. The molecule has 0 bridgehead atoms. The molecule has 0 heterocycles. The van der Waals surface area contributed by atoms with Crippen molar-refractivity contribution < 1.29 is 57.2 Å². The number of ether oxygens (including phenoxy) is 5. The molecule has 0 aromatic rings. The van der Waals surface area contributed by atoms with Crippen LogP contribution in [0.2, 0.25) is 0 Å². The molecule has 0 aromatic heterocycles. The lowest BCUT2D eigenvalue weighted by atomic mass is 9.73. The summed E-state index contributed by atoms with van der Waals surface area (Å²) in [7, 11) is 0. The average Bonchev–Trinajstić information content (AvgIpc) is 3.09. The van der Waals surface area contributed by atoms with E-state index >= 15 is 0 Å². The van der Waals surface area contributed by atoms with Gasteiger partial charge in [-0.05, 0) is 20.8 Å². The first-order valence-electron chi connectivity index (χ1n) is 14.5. The number of carbonyl (C=O) groups excluding carboxylic acids is 7. The number of fused-ring (bicyclic) bond motifs is 1. The first kappa shape index (κ1) is 36.4. The molecule has 0 spiro atoms. The Morgan fingerprint density at radius 3 is 1.89 bits per heavy atom. The minimum absolute atomic E-state index is 0.130. The van der Waals surface area contributed by atoms with Crippen molar-refractivity contribution in [1.29, 1.82) is 0 Å². The smallest absolute Gasteiger partial charge is 0.308 e. The zero-order valence-corrected chi connectivity index (χ0v) is 27.1. The van der Waals surface area contributed by atoms with Gasteiger partial charge in [0.15, 0.2) is 23.1 Å². The first-order valence-corrected chi connectivity index (χ1v) is 14.5. The predicted octanol–water partition coefficient (Wildman–Crippen LogP) is 3.38. The third-order valence-corrected chi connectivity index (χ3v) is 7.93. The van der Waals surface area contributed by atoms with Crippen molar-refractivity contribution in [1.82, 2.24) is 0 Å². The van der Waals surface area contributed by atoms with E-state index in [1.165, 1.54) is 26.0 Å². The zero-order valence-electron chi connectivity index (χ0n) is 27.1. The molecule has 1 saturated carbocycles. The maximum Gasteiger partial charge on any atom is 0.308 e. The van der Waals surface area contributed by atoms with Crippen LogP contribution in [0.1, 0.15) is 82.1 Å². The van der Waals surface area contributed by atoms with Crippen LogP contribution < -0.4 is 0 Å². The van der Waals surface area contributed by atoms with Crippen molar-refractivity contribution in [3.05, 3.63) is 24.3 Å². The number of rotatable bonds is 6. The molecule has 0 saturated heterocycles. The summed E-state index contributed by atoms with van der Waals surface area (Å²) in [6, 6.07) is 0. The van der Waals surface area contributed by atoms with Crippen molar-refractivity contribution in [2.24, 2.45) is 23.2 Å². The van der Waals surface area contributed by atoms with E-state index in [1.807, 2.05) is 0 Å². The van der Waals surface area contributed by atoms with Crippen LogP contribution in [0.15, 0.2) is 24.3 Å². The molecular weight excluding hydrogens is 576 g/mol. The first-order chi connectivity index (χ1) is 20.1. The number of hydrogen-bond donors (Lipinski definition) is 0. The Hall–Kier alpha value is -3.83. The molecule has 12 nitrogen and oxygen atoms in total. The monoisotopic (exact) mass is 620 g/mol. The summed E-state index contributed by atoms with van der Waals surface area (Å²) in [4.78, 5) is 91.2. The van der Waals surface area contributed by atoms with E-state index < -0.39 is 94.7 Å². The second kappa shape index (κ2) is 13.4. The van der Waals surface area contributed by atoms with Gasteiger partial charge >= 0.3 is 29.8 Å². The van der Waals surface area contributed by atoms with Crippen LogP contribution in [-0.2, 0) is 57.2 Å². The van der Waals surface area contributed by atoms with Gasteiger partial charge in [0.1, 0.15) is 18.0 Å². The van der Waals surface area contributed by atoms with Crippen LogP contribution in [0.4, 0.5) is 0 Å². The highest BCUT2D eigenvalue weighted by molar-refractivity contribution is 5.94. The van der Waals surface area contributed by atoms with Gasteiger partial charge in [-0.2, -0.15) is 0 Å². The van der Waals surface area contributed by atoms with Crippen LogP contribution >= 0.6 is 0 Å². The van der Waals surface area contributed by atoms with Gasteiger partial charge in [0.25, 0.3) is 0 Å². The summed E-state index contributed by atoms with van der Waals surface area (Å²) in [5.74, 6) is -8.34. The number of carbonyl (C=O) groups is 7. The number of Topliss-reactive ketones (excluding diaryl/α,β-unsaturated/α-hetero) is 2. The van der Waals surface area contributed by atoms with E-state index in [-0.39, 0.29) is 17.8 Å². The Morgan fingerprint density at radius 2 is 1.41 bits per heavy atom. The van der Waals surface area contributed by atoms with E-state index in [0.29, 0.717) is 0 Å². The van der Waals surface area contributed by atoms with Crippen LogP contribution in [0.3, 0.4) is 0 Å². The van der Waals surface area contributed by atoms with Gasteiger partial charge in [0.05, 0.1) is 11.8 Å². The quantitative estimate of drug-likeness (QED) is 0.242. The molecule has 2 aliphatic rings. The number of allylic oxidation sites excluding steroid dienone is 2. The standard InChI is InChI=1S/C32H44O12/c1-16(2)29(39)42-23-14-24(37)30(9,10)13-12-17(3)27(38)32(44-22(8)36)15-31(11,43-21(7)35)28(41-20(6)34)25(32)26(18(23)4)40-19(5)33/h12-13,16-17,23,25-26,28H,4,14-15H2,1-3,5-11H3. The molecule has 0 aromatic carbocycles. The summed E-state index contributed by atoms with van der Waals surface area (Å²) in [6.45, 7) is 17.8. The average molecular weight is 621 g/mol. The van der Waals surface area contributed by atoms with E-state index in [9.17, 15) is 33.6 Å². The highest BCUT2D eigenvalue weighted by atomic mass is 16.6. The highest BCUT2D eigenvalue weighted by Crippen LogP contribution is 2.54. The zero-order chi connectivity index (χ0) is 33.9. The summed E-state index contributed by atoms with van der Waals surface area (Å²) in [5, 5.41) is 0. The Morgan fingerprint density at radius 1 is 0.864 bits per heavy atom. The van der Waals surface area contributed by atoms with Crippen molar-refractivity contribution in [2.45, 2.75) is 112 Å². The summed E-state index contributed by atoms with van der Waals surface area (Å²) >= 11 is 0. The van der Waals surface area contributed by atoms with Crippen LogP contribution in [0.25, 0.3) is 0 Å². The van der Waals surface area contributed by atoms with Crippen LogP contribution in [0, 0.1) is 23.2 Å². The molecule has 0 aliphatic heterocycles. The molecule has 7 unspecified atom stereocenters. The predicted molar refractivity (Wildman–Crippen MR) is 154 cm³/mol. The molecule has 7 atom stereocenters. The van der Waals surface area contributed by atoms with Gasteiger partial charge in [-0.25, -0.2) is 0 Å². The Labute approximate surface area is 257 Å². The van der Waals surface area contributed by atoms with Crippen LogP contribution in [-0.4, -0.2) is 70.9 Å². The molecule has 1 fully saturated rings. The lowest BCUT2D eigenvalue weighted by Crippen LogP contribution is -2.57. The molecular formula is C32H44O12. The minimum Gasteiger partial charge on any atom is -0.458 e. The summed E-state index contributed by atoms with van der Waals surface area (Å²) in [6.07, 6.45) is -2.42. The Balaban J connectivity index is 3.09. The number of hydrogen-bond acceptors (Lipinski definition) is 12. The topological polar surface area (TPSA) is 166 Å². The van der Waals surface area contributed by atoms with Crippen molar-refractivity contribution in [3.63, 3.8) is 0 Å². The Kier molecular flexibility index (Phi) is 11.1. The van der Waals surface area contributed by atoms with Gasteiger partial charge in [0, 0.05) is 57.4 Å². The van der Waals surface area contributed by atoms with E-state index in [2.05, 4.69) is 6.58 Å². The molecule has 0 N–H and O–H groups in total. The summed E-state index contributed by atoms with van der Waals surface area (Å²) in [5.41, 5.74) is -5.28. The lowest BCUT2D eigenvalue weighted by Gasteiger charge is -2.41. The SMILES string of the molecule is C=C1C(OC(=O)C(C)C)CC(=O)C(C)(C)C=CC(C)C(=O)C2(OC(C)=O)CC(C)(OC(C)=O)C(OC(C)=O)C2C1OC(C)=O. The molecule has 244 valence electrons. The lowest BCUT2D eigenvalue weighted by molar-refractivity contribution is -0.190. The molecule has 44 heavy (non-hydrogen) atoms. The number of ketones is 2. The van der Waals surface area contributed by atoms with E-state index in [4.69, 9.17) is 23.7 Å². The Bertz CT molecular complexity index is 1260. The normalized spacial score (nSPS) is 32.1. The molecule has 2 aliphatic carbocycles. The fourth-order valence-electron chi connectivity index (χ4n) is 5.88. The molecule has 0 amide bonds. The van der Waals surface area contributed by atoms with Crippen molar-refractivity contribution in [2.75, 3.05) is 0 Å². The van der Waals surface area contributed by atoms with Gasteiger partial charge in [0.2, 0.25) is 0 Å². The second-order valence-corrected chi connectivity index (χ2v) is 12.7. The van der Waals surface area contributed by atoms with Gasteiger partial charge < -0.3 is 23.7 Å². The molecule has 2 rings (SSSR count). The second-order valence-electron chi connectivity index (χ2n) is 12.7. The van der Waals surface area contributed by atoms with Gasteiger partial charge in [-0.1, -0.05) is 39.5 Å². The fourth-order valence-corrected chi connectivity index (χ4v) is 5.88. The van der Waals surface area contributed by atoms with E-state index in [0.717, 1.165) is 27.7 Å². The third-order valence-electron chi connectivity index (χ3n) is 7.93. The van der Waals surface area contributed by atoms with Crippen LogP contribution in [0.5, 0.6) is 0 Å². The van der Waals surface area contributed by atoms with Gasteiger partial charge in [-0.3, -0.25) is 33.6 Å². The molecule has 12 heteroatoms. The third kappa shape index (κ3) is 7.81. The van der Waals surface area contributed by atoms with Crippen molar-refractivity contribution >= 4 is 41.4 Å². The molecule has 0 radical (unpaired) electrons. The van der Waals surface area contributed by atoms with Gasteiger partial charge in [-0.15, -0.1) is 0 Å². The van der Waals surface area contributed by atoms with E-state index in [1.54, 1.807) is 27.7 Å².